The first-order valence-corrected chi connectivity index (χ1v) is 11.1. The lowest BCUT2D eigenvalue weighted by molar-refractivity contribution is -0.276. The highest BCUT2D eigenvalue weighted by atomic mass is 35.5. The number of nitrogens with zero attached hydrogens (tertiary/aromatic N) is 3. The molecule has 0 spiro atoms. The summed E-state index contributed by atoms with van der Waals surface area (Å²) >= 11 is 13.8. The van der Waals surface area contributed by atoms with Gasteiger partial charge >= 0.3 is 6.36 Å². The Bertz CT molecular complexity index is 1340. The normalized spacial score (nSPS) is 12.2. The number of ether oxygens (including phenoxy) is 2. The SMILES string of the molecule is CC(C)(C)c1sc2ncnc(Oc3cccnc3OC(F)(F)F)c2c1-c1ccc(Cl)c(Cl)c1. The minimum atomic E-state index is -4.93. The first-order valence-electron chi connectivity index (χ1n) is 9.56. The third-order valence-electron chi connectivity index (χ3n) is 4.50. The summed E-state index contributed by atoms with van der Waals surface area (Å²) in [6.07, 6.45) is -2.46. The van der Waals surface area contributed by atoms with Crippen LogP contribution in [-0.2, 0) is 5.41 Å². The highest BCUT2D eigenvalue weighted by Gasteiger charge is 2.34. The minimum Gasteiger partial charge on any atom is -0.432 e. The van der Waals surface area contributed by atoms with Gasteiger partial charge in [0.1, 0.15) is 11.2 Å². The number of aromatic nitrogens is 3. The second-order valence-electron chi connectivity index (χ2n) is 8.00. The van der Waals surface area contributed by atoms with Gasteiger partial charge in [-0.1, -0.05) is 50.0 Å². The molecule has 172 valence electrons. The smallest absolute Gasteiger partial charge is 0.432 e. The molecular weight excluding hydrogens is 498 g/mol. The van der Waals surface area contributed by atoms with Crippen LogP contribution in [0, 0.1) is 0 Å². The van der Waals surface area contributed by atoms with Gasteiger partial charge in [-0.3, -0.25) is 0 Å². The lowest BCUT2D eigenvalue weighted by Crippen LogP contribution is -2.18. The maximum Gasteiger partial charge on any atom is 0.574 e. The van der Waals surface area contributed by atoms with E-state index in [0.717, 1.165) is 16.0 Å². The molecule has 0 aliphatic rings. The Morgan fingerprint density at radius 3 is 2.36 bits per heavy atom. The van der Waals surface area contributed by atoms with Crippen molar-refractivity contribution < 1.29 is 22.6 Å². The number of hydrogen-bond acceptors (Lipinski definition) is 6. The molecule has 0 aliphatic heterocycles. The summed E-state index contributed by atoms with van der Waals surface area (Å²) < 4.78 is 48.3. The number of thiophene rings is 1. The summed E-state index contributed by atoms with van der Waals surface area (Å²) in [6, 6.07) is 7.96. The Hall–Kier alpha value is -2.62. The Kier molecular flexibility index (Phi) is 6.15. The molecule has 0 unspecified atom stereocenters. The van der Waals surface area contributed by atoms with Crippen LogP contribution in [0.1, 0.15) is 25.6 Å². The van der Waals surface area contributed by atoms with Crippen LogP contribution >= 0.6 is 34.5 Å². The Morgan fingerprint density at radius 1 is 0.939 bits per heavy atom. The number of fused-ring (bicyclic) bond motifs is 1. The van der Waals surface area contributed by atoms with Crippen LogP contribution < -0.4 is 9.47 Å². The van der Waals surface area contributed by atoms with Gasteiger partial charge in [0, 0.05) is 16.6 Å². The van der Waals surface area contributed by atoms with E-state index in [1.54, 1.807) is 12.1 Å². The average Bonchev–Trinajstić information content (AvgIpc) is 3.12. The number of rotatable bonds is 4. The number of pyridine rings is 1. The highest BCUT2D eigenvalue weighted by molar-refractivity contribution is 7.19. The molecule has 33 heavy (non-hydrogen) atoms. The molecule has 3 heterocycles. The first-order chi connectivity index (χ1) is 15.4. The van der Waals surface area contributed by atoms with Crippen LogP contribution in [0.4, 0.5) is 13.2 Å². The third-order valence-corrected chi connectivity index (χ3v) is 6.76. The molecule has 0 N–H and O–H groups in total. The van der Waals surface area contributed by atoms with Crippen LogP contribution in [0.5, 0.6) is 17.5 Å². The molecule has 0 amide bonds. The molecule has 1 aromatic carbocycles. The third kappa shape index (κ3) is 5.00. The molecule has 0 atom stereocenters. The lowest BCUT2D eigenvalue weighted by atomic mass is 9.88. The Balaban J connectivity index is 1.94. The second-order valence-corrected chi connectivity index (χ2v) is 9.81. The largest absolute Gasteiger partial charge is 0.574 e. The van der Waals surface area contributed by atoms with E-state index in [9.17, 15) is 13.2 Å². The van der Waals surface area contributed by atoms with E-state index in [1.165, 1.54) is 36.0 Å². The maximum atomic E-state index is 12.8. The van der Waals surface area contributed by atoms with Crippen molar-refractivity contribution in [3.63, 3.8) is 0 Å². The van der Waals surface area contributed by atoms with Crippen molar-refractivity contribution in [1.82, 2.24) is 15.0 Å². The van der Waals surface area contributed by atoms with Crippen LogP contribution in [0.3, 0.4) is 0 Å². The molecular formula is C22H16Cl2F3N3O2S. The highest BCUT2D eigenvalue weighted by Crippen LogP contribution is 2.48. The molecule has 0 saturated carbocycles. The standard InChI is InChI=1S/C22H16Cl2F3N3O2S/c1-21(2,3)17-15(11-6-7-12(23)13(24)9-11)16-19(29-10-30-20(16)33-17)31-14-5-4-8-28-18(14)32-22(25,26)27/h4-10H,1-3H3. The van der Waals surface area contributed by atoms with E-state index in [4.69, 9.17) is 27.9 Å². The van der Waals surface area contributed by atoms with Gasteiger partial charge in [-0.15, -0.1) is 24.5 Å². The van der Waals surface area contributed by atoms with Gasteiger partial charge < -0.3 is 9.47 Å². The zero-order valence-electron chi connectivity index (χ0n) is 17.5. The van der Waals surface area contributed by atoms with Crippen LogP contribution in [-0.4, -0.2) is 21.3 Å². The Labute approximate surface area is 201 Å². The number of alkyl halides is 3. The number of hydrogen-bond donors (Lipinski definition) is 0. The molecule has 0 saturated heterocycles. The zero-order chi connectivity index (χ0) is 24.0. The lowest BCUT2D eigenvalue weighted by Gasteiger charge is -2.19. The van der Waals surface area contributed by atoms with Crippen molar-refractivity contribution in [3.8, 4) is 28.6 Å². The van der Waals surface area contributed by atoms with Crippen LogP contribution in [0.15, 0.2) is 42.9 Å². The van der Waals surface area contributed by atoms with Crippen molar-refractivity contribution in [2.24, 2.45) is 0 Å². The molecule has 3 aromatic heterocycles. The van der Waals surface area contributed by atoms with E-state index in [1.807, 2.05) is 26.8 Å². The summed E-state index contributed by atoms with van der Waals surface area (Å²) in [5.74, 6) is -0.898. The molecule has 4 rings (SSSR count). The zero-order valence-corrected chi connectivity index (χ0v) is 19.8. The molecule has 0 radical (unpaired) electrons. The van der Waals surface area contributed by atoms with Crippen LogP contribution in [0.2, 0.25) is 10.0 Å². The van der Waals surface area contributed by atoms with Crippen molar-refractivity contribution in [3.05, 3.63) is 57.8 Å². The van der Waals surface area contributed by atoms with Crippen molar-refractivity contribution >= 4 is 44.8 Å². The van der Waals surface area contributed by atoms with E-state index in [-0.39, 0.29) is 17.0 Å². The second kappa shape index (κ2) is 8.62. The van der Waals surface area contributed by atoms with Crippen LogP contribution in [0.25, 0.3) is 21.3 Å². The fraction of sp³-hybridized carbons (Fsp3) is 0.227. The summed E-state index contributed by atoms with van der Waals surface area (Å²) in [4.78, 5) is 13.8. The molecule has 4 aromatic rings. The van der Waals surface area contributed by atoms with E-state index in [0.29, 0.717) is 20.3 Å². The van der Waals surface area contributed by atoms with E-state index < -0.39 is 12.2 Å². The molecule has 0 bridgehead atoms. The molecule has 11 heteroatoms. The molecule has 0 aliphatic carbocycles. The van der Waals surface area contributed by atoms with Gasteiger partial charge in [-0.05, 0) is 35.2 Å². The van der Waals surface area contributed by atoms with Gasteiger partial charge in [0.05, 0.1) is 15.4 Å². The molecule has 5 nitrogen and oxygen atoms in total. The van der Waals surface area contributed by atoms with Gasteiger partial charge in [0.25, 0.3) is 5.88 Å². The average molecular weight is 514 g/mol. The number of benzene rings is 1. The van der Waals surface area contributed by atoms with Gasteiger partial charge in [-0.2, -0.15) is 0 Å². The van der Waals surface area contributed by atoms with Crippen molar-refractivity contribution in [1.29, 1.82) is 0 Å². The van der Waals surface area contributed by atoms with Gasteiger partial charge in [-0.25, -0.2) is 15.0 Å². The monoisotopic (exact) mass is 513 g/mol. The van der Waals surface area contributed by atoms with Gasteiger partial charge in [0.2, 0.25) is 5.88 Å². The summed E-state index contributed by atoms with van der Waals surface area (Å²) in [6.45, 7) is 6.13. The van der Waals surface area contributed by atoms with Gasteiger partial charge in [0.15, 0.2) is 5.75 Å². The predicted molar refractivity (Wildman–Crippen MR) is 123 cm³/mol. The van der Waals surface area contributed by atoms with Crippen molar-refractivity contribution in [2.45, 2.75) is 32.5 Å². The fourth-order valence-electron chi connectivity index (χ4n) is 3.18. The van der Waals surface area contributed by atoms with E-state index >= 15 is 0 Å². The maximum absolute atomic E-state index is 12.8. The predicted octanol–water partition coefficient (Wildman–Crippen LogP) is 8.05. The quantitative estimate of drug-likeness (QED) is 0.276. The summed E-state index contributed by atoms with van der Waals surface area (Å²) in [5, 5.41) is 1.29. The first kappa shape index (κ1) is 23.5. The molecule has 0 fully saturated rings. The topological polar surface area (TPSA) is 57.1 Å². The summed E-state index contributed by atoms with van der Waals surface area (Å²) in [7, 11) is 0. The van der Waals surface area contributed by atoms with E-state index in [2.05, 4.69) is 19.7 Å². The summed E-state index contributed by atoms with van der Waals surface area (Å²) in [5.41, 5.74) is 1.22. The van der Waals surface area contributed by atoms with Crippen molar-refractivity contribution in [2.75, 3.05) is 0 Å². The fourth-order valence-corrected chi connectivity index (χ4v) is 4.69. The minimum absolute atomic E-state index is 0.0628. The Morgan fingerprint density at radius 2 is 1.70 bits per heavy atom. The number of halogens is 5.